The van der Waals surface area contributed by atoms with E-state index in [2.05, 4.69) is 4.98 Å². The number of nitrogens with zero attached hydrogens (tertiary/aromatic N) is 1. The van der Waals surface area contributed by atoms with E-state index in [0.29, 0.717) is 0 Å². The Labute approximate surface area is 98.6 Å². The van der Waals surface area contributed by atoms with Crippen LogP contribution in [0.3, 0.4) is 0 Å². The summed E-state index contributed by atoms with van der Waals surface area (Å²) in [6, 6.07) is 16.5. The van der Waals surface area contributed by atoms with Crippen LogP contribution in [0.4, 0.5) is 4.39 Å². The van der Waals surface area contributed by atoms with E-state index in [-0.39, 0.29) is 5.82 Å². The van der Waals surface area contributed by atoms with Crippen molar-refractivity contribution < 1.29 is 4.39 Å². The lowest BCUT2D eigenvalue weighted by atomic mass is 10.0. The normalized spacial score (nSPS) is 10.6. The lowest BCUT2D eigenvalue weighted by Crippen LogP contribution is -1.86. The molecule has 0 bridgehead atoms. The second-order valence-electron chi connectivity index (χ2n) is 3.89. The molecule has 0 saturated heterocycles. The van der Waals surface area contributed by atoms with Gasteiger partial charge >= 0.3 is 0 Å². The maximum Gasteiger partial charge on any atom is 0.124 e. The maximum atomic E-state index is 13.6. The van der Waals surface area contributed by atoms with Crippen molar-refractivity contribution in [3.05, 3.63) is 66.6 Å². The van der Waals surface area contributed by atoms with Gasteiger partial charge in [0.25, 0.3) is 0 Å². The topological polar surface area (TPSA) is 12.9 Å². The number of fused-ring (bicyclic) bond motifs is 1. The van der Waals surface area contributed by atoms with Crippen molar-refractivity contribution in [3.63, 3.8) is 0 Å². The van der Waals surface area contributed by atoms with Crippen LogP contribution in [-0.4, -0.2) is 4.98 Å². The van der Waals surface area contributed by atoms with Crippen LogP contribution in [-0.2, 0) is 0 Å². The molecule has 0 N–H and O–H groups in total. The van der Waals surface area contributed by atoms with Crippen LogP contribution in [0.25, 0.3) is 22.0 Å². The summed E-state index contributed by atoms with van der Waals surface area (Å²) in [7, 11) is 0. The fourth-order valence-corrected chi connectivity index (χ4v) is 1.99. The van der Waals surface area contributed by atoms with Gasteiger partial charge in [-0.1, -0.05) is 36.4 Å². The fraction of sp³-hybridized carbons (Fsp3) is 0. The highest BCUT2D eigenvalue weighted by atomic mass is 19.1. The van der Waals surface area contributed by atoms with Gasteiger partial charge in [0.05, 0.1) is 5.52 Å². The first kappa shape index (κ1) is 9.97. The second kappa shape index (κ2) is 3.98. The largest absolute Gasteiger partial charge is 0.256 e. The van der Waals surface area contributed by atoms with Gasteiger partial charge in [0.1, 0.15) is 5.82 Å². The molecule has 0 aliphatic heterocycles. The van der Waals surface area contributed by atoms with E-state index in [4.69, 9.17) is 0 Å². The molecule has 82 valence electrons. The molecule has 2 aromatic carbocycles. The van der Waals surface area contributed by atoms with Gasteiger partial charge in [-0.2, -0.15) is 0 Å². The van der Waals surface area contributed by atoms with E-state index in [1.807, 2.05) is 42.5 Å². The van der Waals surface area contributed by atoms with E-state index in [9.17, 15) is 4.39 Å². The summed E-state index contributed by atoms with van der Waals surface area (Å²) >= 11 is 0. The van der Waals surface area contributed by atoms with Crippen molar-refractivity contribution in [2.75, 3.05) is 0 Å². The zero-order valence-electron chi connectivity index (χ0n) is 9.10. The molecule has 0 amide bonds. The molecule has 3 aromatic rings. The number of rotatable bonds is 1. The van der Waals surface area contributed by atoms with Crippen molar-refractivity contribution in [1.29, 1.82) is 0 Å². The monoisotopic (exact) mass is 223 g/mol. The Hall–Kier alpha value is -2.22. The highest BCUT2D eigenvalue weighted by Crippen LogP contribution is 2.27. The van der Waals surface area contributed by atoms with Gasteiger partial charge in [-0.15, -0.1) is 0 Å². The first-order valence-corrected chi connectivity index (χ1v) is 5.44. The van der Waals surface area contributed by atoms with Crippen LogP contribution in [0.2, 0.25) is 0 Å². The van der Waals surface area contributed by atoms with E-state index in [1.54, 1.807) is 6.20 Å². The second-order valence-corrected chi connectivity index (χ2v) is 3.89. The van der Waals surface area contributed by atoms with E-state index in [0.717, 1.165) is 22.0 Å². The number of hydrogen-bond donors (Lipinski definition) is 0. The summed E-state index contributed by atoms with van der Waals surface area (Å²) in [5.41, 5.74) is 2.65. The molecule has 1 heterocycles. The molecular formula is C15H10FN. The minimum atomic E-state index is -0.232. The van der Waals surface area contributed by atoms with Gasteiger partial charge < -0.3 is 0 Å². The van der Waals surface area contributed by atoms with Gasteiger partial charge in [0.15, 0.2) is 0 Å². The zero-order valence-corrected chi connectivity index (χ0v) is 9.10. The van der Waals surface area contributed by atoms with Crippen LogP contribution in [0, 0.1) is 5.82 Å². The number of pyridine rings is 1. The summed E-state index contributed by atoms with van der Waals surface area (Å²) in [4.78, 5) is 4.33. The SMILES string of the molecule is Fc1cc(-c2ccccc2)c2ncccc2c1. The summed E-state index contributed by atoms with van der Waals surface area (Å²) in [6.07, 6.45) is 1.73. The standard InChI is InChI=1S/C15H10FN/c16-13-9-12-7-4-8-17-15(12)14(10-13)11-5-2-1-3-6-11/h1-10H. The molecule has 0 unspecified atom stereocenters. The van der Waals surface area contributed by atoms with Crippen LogP contribution >= 0.6 is 0 Å². The predicted octanol–water partition coefficient (Wildman–Crippen LogP) is 4.04. The Morgan fingerprint density at radius 2 is 1.71 bits per heavy atom. The highest BCUT2D eigenvalue weighted by molar-refractivity contribution is 5.93. The van der Waals surface area contributed by atoms with E-state index >= 15 is 0 Å². The molecule has 3 rings (SSSR count). The highest BCUT2D eigenvalue weighted by Gasteiger charge is 2.06. The molecule has 0 radical (unpaired) electrons. The Bertz CT molecular complexity index is 662. The molecule has 0 aliphatic rings. The quantitative estimate of drug-likeness (QED) is 0.606. The smallest absolute Gasteiger partial charge is 0.124 e. The first-order chi connectivity index (χ1) is 8.34. The summed E-state index contributed by atoms with van der Waals surface area (Å²) in [6.45, 7) is 0. The van der Waals surface area contributed by atoms with Gasteiger partial charge in [-0.25, -0.2) is 4.39 Å². The minimum absolute atomic E-state index is 0.232. The molecule has 0 atom stereocenters. The van der Waals surface area contributed by atoms with E-state index in [1.165, 1.54) is 12.1 Å². The van der Waals surface area contributed by atoms with Crippen LogP contribution < -0.4 is 0 Å². The molecule has 0 aliphatic carbocycles. The Morgan fingerprint density at radius 3 is 2.53 bits per heavy atom. The molecule has 1 nitrogen and oxygen atoms in total. The third-order valence-electron chi connectivity index (χ3n) is 2.75. The van der Waals surface area contributed by atoms with Gasteiger partial charge in [-0.3, -0.25) is 4.98 Å². The third kappa shape index (κ3) is 1.78. The third-order valence-corrected chi connectivity index (χ3v) is 2.75. The summed E-state index contributed by atoms with van der Waals surface area (Å²) in [5, 5.41) is 0.825. The summed E-state index contributed by atoms with van der Waals surface area (Å²) in [5.74, 6) is -0.232. The predicted molar refractivity (Wildman–Crippen MR) is 67.1 cm³/mol. The van der Waals surface area contributed by atoms with Crippen molar-refractivity contribution in [1.82, 2.24) is 4.98 Å². The van der Waals surface area contributed by atoms with Crippen molar-refractivity contribution in [2.24, 2.45) is 0 Å². The number of aromatic nitrogens is 1. The molecule has 1 aromatic heterocycles. The molecule has 0 spiro atoms. The maximum absolute atomic E-state index is 13.6. The van der Waals surface area contributed by atoms with Crippen LogP contribution in [0.1, 0.15) is 0 Å². The first-order valence-electron chi connectivity index (χ1n) is 5.44. The number of hydrogen-bond acceptors (Lipinski definition) is 1. The molecule has 0 fully saturated rings. The van der Waals surface area contributed by atoms with Crippen molar-refractivity contribution >= 4 is 10.9 Å². The molecule has 0 saturated carbocycles. The zero-order chi connectivity index (χ0) is 11.7. The Kier molecular flexibility index (Phi) is 2.33. The average molecular weight is 223 g/mol. The van der Waals surface area contributed by atoms with Crippen LogP contribution in [0.15, 0.2) is 60.8 Å². The Morgan fingerprint density at radius 1 is 0.882 bits per heavy atom. The summed E-state index contributed by atoms with van der Waals surface area (Å²) < 4.78 is 13.6. The van der Waals surface area contributed by atoms with Gasteiger partial charge in [0.2, 0.25) is 0 Å². The minimum Gasteiger partial charge on any atom is -0.256 e. The van der Waals surface area contributed by atoms with Gasteiger partial charge in [0, 0.05) is 17.1 Å². The fourth-order valence-electron chi connectivity index (χ4n) is 1.99. The lowest BCUT2D eigenvalue weighted by Gasteiger charge is -2.06. The van der Waals surface area contributed by atoms with Crippen molar-refractivity contribution in [3.8, 4) is 11.1 Å². The van der Waals surface area contributed by atoms with Crippen LogP contribution in [0.5, 0.6) is 0 Å². The molecule has 2 heteroatoms. The molecular weight excluding hydrogens is 213 g/mol. The molecule has 17 heavy (non-hydrogen) atoms. The van der Waals surface area contributed by atoms with E-state index < -0.39 is 0 Å². The average Bonchev–Trinajstić information content (AvgIpc) is 2.39. The number of benzene rings is 2. The lowest BCUT2D eigenvalue weighted by molar-refractivity contribution is 0.630. The van der Waals surface area contributed by atoms with Gasteiger partial charge in [-0.05, 0) is 23.8 Å². The Balaban J connectivity index is 2.36. The number of halogens is 1. The van der Waals surface area contributed by atoms with Crippen molar-refractivity contribution in [2.45, 2.75) is 0 Å².